The molecule has 0 radical (unpaired) electrons. The first-order valence-corrected chi connectivity index (χ1v) is 18.8. The predicted octanol–water partition coefficient (Wildman–Crippen LogP) is 13.2. The molecule has 0 bridgehead atoms. The fraction of sp³-hybridized carbons (Fsp3) is 0. The van der Waals surface area contributed by atoms with Crippen molar-refractivity contribution in [1.29, 1.82) is 0 Å². The van der Waals surface area contributed by atoms with E-state index in [1.165, 1.54) is 10.8 Å². The highest BCUT2D eigenvalue weighted by atomic mass is 16.3. The average molecular weight is 717 g/mol. The van der Waals surface area contributed by atoms with Crippen LogP contribution in [0.3, 0.4) is 0 Å². The van der Waals surface area contributed by atoms with E-state index in [1.807, 2.05) is 48.5 Å². The standard InChI is InChI=1S/C51H32N4O/c1-3-15-33(16-4-1)35-19-13-20-37(31-35)50-52-49(34-17-5-2-6-18-34)53-51(54-50)41-22-8-11-26-44(41)55-43-25-10-7-21-39(43)40-30-29-36(32-45(40)55)38-24-14-28-47-48(38)42-23-9-12-27-46(42)56-47/h1-32H. The first-order valence-electron chi connectivity index (χ1n) is 18.8. The fourth-order valence-electron chi connectivity index (χ4n) is 8.08. The molecule has 56 heavy (non-hydrogen) atoms. The third kappa shape index (κ3) is 5.29. The molecule has 3 heterocycles. The molecule has 0 aliphatic heterocycles. The van der Waals surface area contributed by atoms with E-state index in [-0.39, 0.29) is 0 Å². The number of hydrogen-bond acceptors (Lipinski definition) is 4. The monoisotopic (exact) mass is 716 g/mol. The molecule has 0 saturated carbocycles. The Labute approximate surface area is 322 Å². The Hall–Kier alpha value is -7.63. The van der Waals surface area contributed by atoms with Gasteiger partial charge in [0.25, 0.3) is 0 Å². The molecule has 0 amide bonds. The Balaban J connectivity index is 1.14. The maximum absolute atomic E-state index is 6.30. The average Bonchev–Trinajstić information content (AvgIpc) is 3.82. The minimum atomic E-state index is 0.603. The Morgan fingerprint density at radius 2 is 0.929 bits per heavy atom. The second-order valence-corrected chi connectivity index (χ2v) is 14.0. The Kier molecular flexibility index (Phi) is 7.42. The lowest BCUT2D eigenvalue weighted by Crippen LogP contribution is -2.03. The van der Waals surface area contributed by atoms with Crippen LogP contribution in [0.2, 0.25) is 0 Å². The Morgan fingerprint density at radius 1 is 0.339 bits per heavy atom. The molecule has 8 aromatic carbocycles. The van der Waals surface area contributed by atoms with Gasteiger partial charge >= 0.3 is 0 Å². The number of furan rings is 1. The highest BCUT2D eigenvalue weighted by Gasteiger charge is 2.20. The van der Waals surface area contributed by atoms with Crippen LogP contribution in [0.1, 0.15) is 0 Å². The lowest BCUT2D eigenvalue weighted by atomic mass is 9.98. The van der Waals surface area contributed by atoms with Crippen molar-refractivity contribution in [3.63, 3.8) is 0 Å². The number of aromatic nitrogens is 4. The maximum atomic E-state index is 6.30. The van der Waals surface area contributed by atoms with Crippen LogP contribution in [0.15, 0.2) is 199 Å². The molecule has 0 N–H and O–H groups in total. The van der Waals surface area contributed by atoms with Gasteiger partial charge in [-0.15, -0.1) is 0 Å². The van der Waals surface area contributed by atoms with Crippen molar-refractivity contribution >= 4 is 43.7 Å². The fourth-order valence-corrected chi connectivity index (χ4v) is 8.08. The molecule has 3 aromatic heterocycles. The molecule has 5 nitrogen and oxygen atoms in total. The van der Waals surface area contributed by atoms with E-state index in [0.717, 1.165) is 77.6 Å². The van der Waals surface area contributed by atoms with Gasteiger partial charge in [0, 0.05) is 38.2 Å². The number of nitrogens with zero attached hydrogens (tertiary/aromatic N) is 4. The number of rotatable bonds is 6. The van der Waals surface area contributed by atoms with Gasteiger partial charge in [0.1, 0.15) is 11.2 Å². The van der Waals surface area contributed by atoms with E-state index in [2.05, 4.69) is 150 Å². The smallest absolute Gasteiger partial charge is 0.166 e. The number of fused-ring (bicyclic) bond motifs is 6. The predicted molar refractivity (Wildman–Crippen MR) is 229 cm³/mol. The Bertz CT molecular complexity index is 3250. The van der Waals surface area contributed by atoms with Crippen molar-refractivity contribution < 1.29 is 4.42 Å². The molecule has 0 unspecified atom stereocenters. The lowest BCUT2D eigenvalue weighted by Gasteiger charge is -2.15. The maximum Gasteiger partial charge on any atom is 0.166 e. The summed E-state index contributed by atoms with van der Waals surface area (Å²) in [5.74, 6) is 1.84. The van der Waals surface area contributed by atoms with Crippen LogP contribution >= 0.6 is 0 Å². The topological polar surface area (TPSA) is 56.7 Å². The van der Waals surface area contributed by atoms with Crippen LogP contribution in [-0.2, 0) is 0 Å². The first kappa shape index (κ1) is 31.9. The highest BCUT2D eigenvalue weighted by molar-refractivity contribution is 6.15. The molecule has 0 aliphatic carbocycles. The largest absolute Gasteiger partial charge is 0.456 e. The van der Waals surface area contributed by atoms with Gasteiger partial charge in [0.2, 0.25) is 0 Å². The molecule has 262 valence electrons. The molecule has 0 fully saturated rings. The molecule has 0 aliphatic rings. The van der Waals surface area contributed by atoms with E-state index in [9.17, 15) is 0 Å². The van der Waals surface area contributed by atoms with Crippen molar-refractivity contribution in [3.8, 4) is 62.1 Å². The van der Waals surface area contributed by atoms with Crippen molar-refractivity contribution in [2.24, 2.45) is 0 Å². The molecule has 11 aromatic rings. The second kappa shape index (κ2) is 13.0. The van der Waals surface area contributed by atoms with Crippen LogP contribution < -0.4 is 0 Å². The SMILES string of the molecule is c1ccc(-c2cccc(-c3nc(-c4ccccc4)nc(-c4ccccc4-n4c5ccccc5c5ccc(-c6cccc7oc8ccccc8c67)cc54)n3)c2)cc1. The summed E-state index contributed by atoms with van der Waals surface area (Å²) in [7, 11) is 0. The molecule has 11 rings (SSSR count). The Morgan fingerprint density at radius 3 is 1.79 bits per heavy atom. The van der Waals surface area contributed by atoms with Gasteiger partial charge in [-0.25, -0.2) is 15.0 Å². The van der Waals surface area contributed by atoms with Crippen molar-refractivity contribution in [2.75, 3.05) is 0 Å². The van der Waals surface area contributed by atoms with E-state index < -0.39 is 0 Å². The third-order valence-electron chi connectivity index (χ3n) is 10.7. The van der Waals surface area contributed by atoms with Crippen molar-refractivity contribution in [2.45, 2.75) is 0 Å². The van der Waals surface area contributed by atoms with Gasteiger partial charge in [-0.3, -0.25) is 0 Å². The quantitative estimate of drug-likeness (QED) is 0.172. The van der Waals surface area contributed by atoms with Crippen LogP contribution in [0.25, 0.3) is 106 Å². The number of hydrogen-bond donors (Lipinski definition) is 0. The molecule has 5 heteroatoms. The van der Waals surface area contributed by atoms with Gasteiger partial charge < -0.3 is 8.98 Å². The highest BCUT2D eigenvalue weighted by Crippen LogP contribution is 2.41. The summed E-state index contributed by atoms with van der Waals surface area (Å²) < 4.78 is 8.66. The van der Waals surface area contributed by atoms with E-state index in [1.54, 1.807) is 0 Å². The molecular formula is C51H32N4O. The zero-order chi connectivity index (χ0) is 37.0. The lowest BCUT2D eigenvalue weighted by molar-refractivity contribution is 0.669. The summed E-state index contributed by atoms with van der Waals surface area (Å²) in [6.45, 7) is 0. The number of para-hydroxylation sites is 3. The summed E-state index contributed by atoms with van der Waals surface area (Å²) in [5.41, 5.74) is 12.2. The minimum absolute atomic E-state index is 0.603. The molecular weight excluding hydrogens is 685 g/mol. The summed E-state index contributed by atoms with van der Waals surface area (Å²) in [5, 5.41) is 4.57. The molecule has 0 spiro atoms. The number of benzene rings is 8. The third-order valence-corrected chi connectivity index (χ3v) is 10.7. The van der Waals surface area contributed by atoms with Gasteiger partial charge in [0.15, 0.2) is 17.5 Å². The summed E-state index contributed by atoms with van der Waals surface area (Å²) in [4.78, 5) is 15.5. The second-order valence-electron chi connectivity index (χ2n) is 14.0. The van der Waals surface area contributed by atoms with Crippen molar-refractivity contribution in [3.05, 3.63) is 194 Å². The van der Waals surface area contributed by atoms with Gasteiger partial charge in [0.05, 0.1) is 16.7 Å². The summed E-state index contributed by atoms with van der Waals surface area (Å²) >= 11 is 0. The van der Waals surface area contributed by atoms with E-state index >= 15 is 0 Å². The molecule has 0 atom stereocenters. The van der Waals surface area contributed by atoms with Crippen LogP contribution in [0.5, 0.6) is 0 Å². The van der Waals surface area contributed by atoms with Crippen molar-refractivity contribution in [1.82, 2.24) is 19.5 Å². The minimum Gasteiger partial charge on any atom is -0.456 e. The van der Waals surface area contributed by atoms with Gasteiger partial charge in [-0.05, 0) is 64.7 Å². The van der Waals surface area contributed by atoms with Crippen LogP contribution in [0, 0.1) is 0 Å². The zero-order valence-corrected chi connectivity index (χ0v) is 30.2. The van der Waals surface area contributed by atoms with E-state index in [4.69, 9.17) is 19.4 Å². The molecule has 0 saturated heterocycles. The normalized spacial score (nSPS) is 11.6. The zero-order valence-electron chi connectivity index (χ0n) is 30.2. The first-order chi connectivity index (χ1) is 27.8. The van der Waals surface area contributed by atoms with E-state index in [0.29, 0.717) is 17.5 Å². The summed E-state index contributed by atoms with van der Waals surface area (Å²) in [6.07, 6.45) is 0. The van der Waals surface area contributed by atoms with Crippen LogP contribution in [0.4, 0.5) is 0 Å². The van der Waals surface area contributed by atoms with Crippen LogP contribution in [-0.4, -0.2) is 19.5 Å². The van der Waals surface area contributed by atoms with Gasteiger partial charge in [-0.2, -0.15) is 0 Å². The summed E-state index contributed by atoms with van der Waals surface area (Å²) in [6, 6.07) is 67.4. The van der Waals surface area contributed by atoms with Gasteiger partial charge in [-0.1, -0.05) is 152 Å².